The fourth-order valence-electron chi connectivity index (χ4n) is 0.312. The molecule has 10 heavy (non-hydrogen) atoms. The molecule has 4 nitrogen and oxygen atoms in total. The summed E-state index contributed by atoms with van der Waals surface area (Å²) < 4.78 is 4.22. The van der Waals surface area contributed by atoms with Gasteiger partial charge in [-0.2, -0.15) is 0 Å². The Hall–Kier alpha value is -1.23. The van der Waals surface area contributed by atoms with E-state index >= 15 is 0 Å². The minimum Gasteiger partial charge on any atom is -0.343 e. The van der Waals surface area contributed by atoms with Crippen molar-refractivity contribution < 1.29 is 4.52 Å². The Balaban J connectivity index is 0.0000001000. The van der Waals surface area contributed by atoms with Gasteiger partial charge in [0.2, 0.25) is 6.39 Å². The Morgan fingerprint density at radius 3 is 2.50 bits per heavy atom. The predicted molar refractivity (Wildman–Crippen MR) is 36.4 cm³/mol. The van der Waals surface area contributed by atoms with E-state index in [1.165, 1.54) is 12.7 Å². The van der Waals surface area contributed by atoms with Crippen molar-refractivity contribution >= 4 is 11.3 Å². The van der Waals surface area contributed by atoms with Gasteiger partial charge in [-0.15, -0.1) is 11.3 Å². The van der Waals surface area contributed by atoms with Crippen LogP contribution in [0.2, 0.25) is 0 Å². The summed E-state index contributed by atoms with van der Waals surface area (Å²) in [5, 5.41) is 5.17. The summed E-state index contributed by atoms with van der Waals surface area (Å²) in [6.07, 6.45) is 4.37. The molecule has 0 unspecified atom stereocenters. The van der Waals surface area contributed by atoms with Gasteiger partial charge in [-0.25, -0.2) is 4.98 Å². The zero-order valence-electron chi connectivity index (χ0n) is 5.04. The van der Waals surface area contributed by atoms with Crippen LogP contribution in [-0.2, 0) is 0 Å². The molecule has 0 fully saturated rings. The number of hydrogen-bond acceptors (Lipinski definition) is 5. The molecule has 2 aromatic heterocycles. The summed E-state index contributed by atoms with van der Waals surface area (Å²) in [6.45, 7) is 0. The first-order valence-electron chi connectivity index (χ1n) is 2.51. The Morgan fingerprint density at radius 1 is 1.30 bits per heavy atom. The molecule has 0 saturated heterocycles. The molecular weight excluding hydrogens is 150 g/mol. The molecule has 0 atom stereocenters. The van der Waals surface area contributed by atoms with Crippen LogP contribution in [0.25, 0.3) is 0 Å². The summed E-state index contributed by atoms with van der Waals surface area (Å²) in [5.74, 6) is 0. The Bertz CT molecular complexity index is 156. The maximum absolute atomic E-state index is 4.22. The molecule has 5 heteroatoms. The second-order valence-electron chi connectivity index (χ2n) is 1.26. The van der Waals surface area contributed by atoms with Gasteiger partial charge in [-0.05, 0) is 0 Å². The average Bonchev–Trinajstić information content (AvgIpc) is 2.67. The number of nitrogens with zero attached hydrogens (tertiary/aromatic N) is 3. The molecule has 2 aromatic rings. The fraction of sp³-hybridized carbons (Fsp3) is 0. The first kappa shape index (κ1) is 6.88. The Morgan fingerprint density at radius 2 is 2.30 bits per heavy atom. The van der Waals surface area contributed by atoms with Gasteiger partial charge in [0, 0.05) is 11.6 Å². The van der Waals surface area contributed by atoms with E-state index in [1.54, 1.807) is 23.0 Å². The van der Waals surface area contributed by atoms with Crippen LogP contribution in [0.4, 0.5) is 0 Å². The van der Waals surface area contributed by atoms with Crippen molar-refractivity contribution in [2.24, 2.45) is 0 Å². The molecule has 0 aliphatic heterocycles. The van der Waals surface area contributed by atoms with Gasteiger partial charge in [0.15, 0.2) is 6.33 Å². The van der Waals surface area contributed by atoms with E-state index in [4.69, 9.17) is 0 Å². The smallest absolute Gasteiger partial charge is 0.213 e. The van der Waals surface area contributed by atoms with E-state index < -0.39 is 0 Å². The predicted octanol–water partition coefficient (Wildman–Crippen LogP) is 1.21. The molecule has 0 amide bonds. The third kappa shape index (κ3) is 2.93. The lowest BCUT2D eigenvalue weighted by atomic mass is 11.0. The molecule has 0 radical (unpaired) electrons. The Kier molecular flexibility index (Phi) is 3.19. The lowest BCUT2D eigenvalue weighted by Crippen LogP contribution is -1.44. The monoisotopic (exact) mass is 155 g/mol. The van der Waals surface area contributed by atoms with E-state index in [-0.39, 0.29) is 0 Å². The van der Waals surface area contributed by atoms with Crippen LogP contribution < -0.4 is 0 Å². The fourth-order valence-corrected chi connectivity index (χ4v) is 0.663. The highest BCUT2D eigenvalue weighted by Crippen LogP contribution is 1.85. The summed E-state index contributed by atoms with van der Waals surface area (Å²) in [4.78, 5) is 7.19. The van der Waals surface area contributed by atoms with Gasteiger partial charge in [-0.3, -0.25) is 4.98 Å². The SMILES string of the molecule is c1cscn1.c1ncon1. The van der Waals surface area contributed by atoms with E-state index in [9.17, 15) is 0 Å². The number of thiazole rings is 1. The lowest BCUT2D eigenvalue weighted by Gasteiger charge is -1.45. The highest BCUT2D eigenvalue weighted by Gasteiger charge is 1.61. The molecule has 0 aliphatic carbocycles. The topological polar surface area (TPSA) is 51.8 Å². The summed E-state index contributed by atoms with van der Waals surface area (Å²) in [5.41, 5.74) is 1.79. The zero-order chi connectivity index (χ0) is 7.07. The van der Waals surface area contributed by atoms with Crippen LogP contribution >= 0.6 is 11.3 Å². The average molecular weight is 155 g/mol. The molecular formula is C5H5N3OS. The maximum atomic E-state index is 4.22. The molecule has 0 bridgehead atoms. The maximum Gasteiger partial charge on any atom is 0.213 e. The molecule has 52 valence electrons. The van der Waals surface area contributed by atoms with Crippen LogP contribution in [0.1, 0.15) is 0 Å². The van der Waals surface area contributed by atoms with Gasteiger partial charge in [-0.1, -0.05) is 5.16 Å². The molecule has 0 aromatic carbocycles. The highest BCUT2D eigenvalue weighted by molar-refractivity contribution is 7.07. The standard InChI is InChI=1S/C3H3NS.C2H2N2O/c1-2-5-3-4-1;1-3-2-5-4-1/h1-3H;1-2H. The van der Waals surface area contributed by atoms with Crippen molar-refractivity contribution in [2.45, 2.75) is 0 Å². The third-order valence-electron chi connectivity index (χ3n) is 0.630. The molecule has 0 spiro atoms. The zero-order valence-corrected chi connectivity index (χ0v) is 5.86. The summed E-state index contributed by atoms with van der Waals surface area (Å²) >= 11 is 1.60. The highest BCUT2D eigenvalue weighted by atomic mass is 32.1. The minimum atomic E-state index is 1.26. The van der Waals surface area contributed by atoms with Crippen molar-refractivity contribution in [1.82, 2.24) is 15.1 Å². The second kappa shape index (κ2) is 4.63. The van der Waals surface area contributed by atoms with Crippen molar-refractivity contribution in [3.63, 3.8) is 0 Å². The molecule has 2 rings (SSSR count). The molecule has 0 N–H and O–H groups in total. The minimum absolute atomic E-state index is 1.26. The molecule has 0 aliphatic rings. The van der Waals surface area contributed by atoms with Crippen molar-refractivity contribution in [2.75, 3.05) is 0 Å². The molecule has 2 heterocycles. The van der Waals surface area contributed by atoms with Gasteiger partial charge < -0.3 is 4.52 Å². The van der Waals surface area contributed by atoms with Crippen molar-refractivity contribution in [3.8, 4) is 0 Å². The summed E-state index contributed by atoms with van der Waals surface area (Å²) in [6, 6.07) is 0. The molecule has 0 saturated carbocycles. The number of hydrogen-bond donors (Lipinski definition) is 0. The van der Waals surface area contributed by atoms with Crippen LogP contribution in [0.15, 0.2) is 34.3 Å². The number of aromatic nitrogens is 3. The van der Waals surface area contributed by atoms with Crippen LogP contribution in [0.3, 0.4) is 0 Å². The van der Waals surface area contributed by atoms with Gasteiger partial charge in [0.05, 0.1) is 5.51 Å². The van der Waals surface area contributed by atoms with Gasteiger partial charge >= 0.3 is 0 Å². The normalized spacial score (nSPS) is 8.00. The van der Waals surface area contributed by atoms with E-state index in [1.807, 2.05) is 5.38 Å². The van der Waals surface area contributed by atoms with E-state index in [0.29, 0.717) is 0 Å². The summed E-state index contributed by atoms with van der Waals surface area (Å²) in [7, 11) is 0. The second-order valence-corrected chi connectivity index (χ2v) is 2.01. The van der Waals surface area contributed by atoms with Crippen LogP contribution in [0, 0.1) is 0 Å². The lowest BCUT2D eigenvalue weighted by molar-refractivity contribution is 0.416. The Labute approximate surface area is 61.5 Å². The first-order chi connectivity index (χ1) is 5.00. The van der Waals surface area contributed by atoms with Crippen LogP contribution in [-0.4, -0.2) is 15.1 Å². The number of rotatable bonds is 0. The quantitative estimate of drug-likeness (QED) is 0.573. The largest absolute Gasteiger partial charge is 0.343 e. The van der Waals surface area contributed by atoms with E-state index in [2.05, 4.69) is 19.6 Å². The van der Waals surface area contributed by atoms with Gasteiger partial charge in [0.1, 0.15) is 0 Å². The van der Waals surface area contributed by atoms with Crippen LogP contribution in [0.5, 0.6) is 0 Å². The first-order valence-corrected chi connectivity index (χ1v) is 3.46. The van der Waals surface area contributed by atoms with Crippen molar-refractivity contribution in [1.29, 1.82) is 0 Å². The third-order valence-corrected chi connectivity index (χ3v) is 1.15. The van der Waals surface area contributed by atoms with Gasteiger partial charge in [0.25, 0.3) is 0 Å². The van der Waals surface area contributed by atoms with Crippen molar-refractivity contribution in [3.05, 3.63) is 29.8 Å². The van der Waals surface area contributed by atoms with E-state index in [0.717, 1.165) is 0 Å².